The predicted octanol–water partition coefficient (Wildman–Crippen LogP) is 3.61. The predicted molar refractivity (Wildman–Crippen MR) is 109 cm³/mol. The topological polar surface area (TPSA) is 49.3 Å². The lowest BCUT2D eigenvalue weighted by Gasteiger charge is -2.30. The van der Waals surface area contributed by atoms with Crippen molar-refractivity contribution in [1.82, 2.24) is 15.6 Å². The van der Waals surface area contributed by atoms with Gasteiger partial charge in [-0.1, -0.05) is 43.2 Å². The highest BCUT2D eigenvalue weighted by molar-refractivity contribution is 5.79. The summed E-state index contributed by atoms with van der Waals surface area (Å²) in [7, 11) is 1.84. The van der Waals surface area contributed by atoms with Crippen LogP contribution in [0.25, 0.3) is 0 Å². The molecular weight excluding hydrogens is 320 g/mol. The average molecular weight is 351 g/mol. The number of benzene rings is 1. The molecule has 1 aromatic heterocycles. The number of aromatic nitrogens is 1. The zero-order valence-corrected chi connectivity index (χ0v) is 16.0. The number of hydrogen-bond donors (Lipinski definition) is 2. The third-order valence-electron chi connectivity index (χ3n) is 5.59. The molecule has 0 aliphatic heterocycles. The first-order valence-corrected chi connectivity index (χ1v) is 9.63. The van der Waals surface area contributed by atoms with Gasteiger partial charge in [0.05, 0.1) is 0 Å². The van der Waals surface area contributed by atoms with Gasteiger partial charge in [-0.15, -0.1) is 0 Å². The fourth-order valence-electron chi connectivity index (χ4n) is 3.98. The molecule has 2 aromatic rings. The Hall–Kier alpha value is -2.36. The normalized spacial score (nSPS) is 16.5. The van der Waals surface area contributed by atoms with Crippen molar-refractivity contribution >= 4 is 5.96 Å². The van der Waals surface area contributed by atoms with Crippen LogP contribution < -0.4 is 10.6 Å². The van der Waals surface area contributed by atoms with Crippen LogP contribution in [-0.2, 0) is 11.8 Å². The second-order valence-corrected chi connectivity index (χ2v) is 7.26. The summed E-state index contributed by atoms with van der Waals surface area (Å²) < 4.78 is 0. The highest BCUT2D eigenvalue weighted by Gasteiger charge is 2.35. The van der Waals surface area contributed by atoms with Gasteiger partial charge in [-0.3, -0.25) is 9.98 Å². The van der Waals surface area contributed by atoms with E-state index >= 15 is 0 Å². The molecule has 3 rings (SSSR count). The molecule has 4 nitrogen and oxygen atoms in total. The van der Waals surface area contributed by atoms with Gasteiger partial charge in [0.1, 0.15) is 0 Å². The molecule has 1 saturated carbocycles. The zero-order chi connectivity index (χ0) is 18.2. The van der Waals surface area contributed by atoms with Gasteiger partial charge in [0.2, 0.25) is 0 Å². The van der Waals surface area contributed by atoms with Gasteiger partial charge in [0.15, 0.2) is 5.96 Å². The first-order valence-electron chi connectivity index (χ1n) is 9.63. The summed E-state index contributed by atoms with van der Waals surface area (Å²) in [5, 5.41) is 7.03. The van der Waals surface area contributed by atoms with Crippen LogP contribution in [0.2, 0.25) is 0 Å². The summed E-state index contributed by atoms with van der Waals surface area (Å²) in [5.41, 5.74) is 4.26. The molecule has 2 N–H and O–H groups in total. The van der Waals surface area contributed by atoms with Crippen LogP contribution in [0.15, 0.2) is 53.8 Å². The Kier molecular flexibility index (Phi) is 6.26. The highest BCUT2D eigenvalue weighted by atomic mass is 15.2. The molecule has 26 heavy (non-hydrogen) atoms. The van der Waals surface area contributed by atoms with Crippen molar-refractivity contribution in [2.75, 3.05) is 20.1 Å². The van der Waals surface area contributed by atoms with Crippen LogP contribution in [0, 0.1) is 6.92 Å². The van der Waals surface area contributed by atoms with Crippen molar-refractivity contribution in [1.29, 1.82) is 0 Å². The summed E-state index contributed by atoms with van der Waals surface area (Å²) in [6.07, 6.45) is 9.87. The monoisotopic (exact) mass is 350 g/mol. The van der Waals surface area contributed by atoms with E-state index in [2.05, 4.69) is 63.9 Å². The van der Waals surface area contributed by atoms with E-state index in [1.807, 2.05) is 19.4 Å². The van der Waals surface area contributed by atoms with Crippen LogP contribution >= 0.6 is 0 Å². The summed E-state index contributed by atoms with van der Waals surface area (Å²) in [4.78, 5) is 8.57. The number of nitrogens with one attached hydrogen (secondary N) is 2. The third kappa shape index (κ3) is 4.43. The minimum atomic E-state index is 0.237. The van der Waals surface area contributed by atoms with Crippen molar-refractivity contribution in [2.24, 2.45) is 4.99 Å². The fourth-order valence-corrected chi connectivity index (χ4v) is 3.98. The fraction of sp³-hybridized carbons (Fsp3) is 0.455. The number of aliphatic imine (C=N–C) groups is 1. The Morgan fingerprint density at radius 3 is 2.58 bits per heavy atom. The standard InChI is InChI=1S/C22H30N4/c1-18-16-24-14-10-19(18)11-15-25-21(23-2)26-17-22(12-6-7-13-22)20-8-4-3-5-9-20/h3-5,8-10,14,16H,6-7,11-13,15,17H2,1-2H3,(H2,23,25,26). The van der Waals surface area contributed by atoms with E-state index in [4.69, 9.17) is 0 Å². The van der Waals surface area contributed by atoms with Gasteiger partial charge in [-0.2, -0.15) is 0 Å². The number of rotatable bonds is 6. The lowest BCUT2D eigenvalue weighted by Crippen LogP contribution is -2.45. The molecule has 0 atom stereocenters. The summed E-state index contributed by atoms with van der Waals surface area (Å²) >= 11 is 0. The van der Waals surface area contributed by atoms with Gasteiger partial charge < -0.3 is 10.6 Å². The van der Waals surface area contributed by atoms with Gasteiger partial charge in [-0.25, -0.2) is 0 Å². The van der Waals surface area contributed by atoms with Crippen LogP contribution in [0.5, 0.6) is 0 Å². The number of pyridine rings is 1. The van der Waals surface area contributed by atoms with E-state index < -0.39 is 0 Å². The van der Waals surface area contributed by atoms with Crippen LogP contribution in [0.4, 0.5) is 0 Å². The second-order valence-electron chi connectivity index (χ2n) is 7.26. The van der Waals surface area contributed by atoms with E-state index in [0.29, 0.717) is 0 Å². The lowest BCUT2D eigenvalue weighted by atomic mass is 9.79. The Labute approximate surface area is 157 Å². The van der Waals surface area contributed by atoms with Crippen molar-refractivity contribution in [3.8, 4) is 0 Å². The molecule has 0 unspecified atom stereocenters. The molecule has 1 fully saturated rings. The summed E-state index contributed by atoms with van der Waals surface area (Å²) in [6, 6.07) is 13.0. The van der Waals surface area contributed by atoms with Gasteiger partial charge in [-0.05, 0) is 48.9 Å². The Balaban J connectivity index is 1.55. The van der Waals surface area contributed by atoms with E-state index in [9.17, 15) is 0 Å². The lowest BCUT2D eigenvalue weighted by molar-refractivity contribution is 0.432. The molecule has 4 heteroatoms. The summed E-state index contributed by atoms with van der Waals surface area (Å²) in [6.45, 7) is 3.91. The average Bonchev–Trinajstić information content (AvgIpc) is 3.17. The molecule has 0 bridgehead atoms. The van der Waals surface area contributed by atoms with Crippen LogP contribution in [0.1, 0.15) is 42.4 Å². The third-order valence-corrected chi connectivity index (χ3v) is 5.59. The van der Waals surface area contributed by atoms with Gasteiger partial charge in [0, 0.05) is 37.9 Å². The number of aryl methyl sites for hydroxylation is 1. The number of hydrogen-bond acceptors (Lipinski definition) is 2. The zero-order valence-electron chi connectivity index (χ0n) is 16.0. The maximum atomic E-state index is 4.41. The van der Waals surface area contributed by atoms with Crippen molar-refractivity contribution in [3.05, 3.63) is 65.5 Å². The minimum Gasteiger partial charge on any atom is -0.356 e. The maximum absolute atomic E-state index is 4.41. The molecule has 138 valence electrons. The molecule has 0 saturated heterocycles. The van der Waals surface area contributed by atoms with E-state index in [1.54, 1.807) is 0 Å². The number of guanidine groups is 1. The second kappa shape index (κ2) is 8.84. The van der Waals surface area contributed by atoms with E-state index in [1.165, 1.54) is 42.4 Å². The molecular formula is C22H30N4. The first-order chi connectivity index (χ1) is 12.7. The van der Waals surface area contributed by atoms with Crippen LogP contribution in [0.3, 0.4) is 0 Å². The molecule has 0 radical (unpaired) electrons. The maximum Gasteiger partial charge on any atom is 0.191 e. The first kappa shape index (κ1) is 18.4. The quantitative estimate of drug-likeness (QED) is 0.618. The molecule has 1 heterocycles. The van der Waals surface area contributed by atoms with Gasteiger partial charge >= 0.3 is 0 Å². The molecule has 1 aromatic carbocycles. The smallest absolute Gasteiger partial charge is 0.191 e. The number of nitrogens with zero attached hydrogens (tertiary/aromatic N) is 2. The van der Waals surface area contributed by atoms with Crippen molar-refractivity contribution in [3.63, 3.8) is 0 Å². The molecule has 1 aliphatic carbocycles. The molecule has 0 spiro atoms. The van der Waals surface area contributed by atoms with Crippen LogP contribution in [-0.4, -0.2) is 31.1 Å². The van der Waals surface area contributed by atoms with E-state index in [-0.39, 0.29) is 5.41 Å². The van der Waals surface area contributed by atoms with E-state index in [0.717, 1.165) is 25.5 Å². The Morgan fingerprint density at radius 1 is 1.12 bits per heavy atom. The molecule has 1 aliphatic rings. The van der Waals surface area contributed by atoms with Crippen molar-refractivity contribution in [2.45, 2.75) is 44.4 Å². The van der Waals surface area contributed by atoms with Crippen molar-refractivity contribution < 1.29 is 0 Å². The highest BCUT2D eigenvalue weighted by Crippen LogP contribution is 2.40. The SMILES string of the molecule is CN=C(NCCc1ccncc1C)NCC1(c2ccccc2)CCCC1. The van der Waals surface area contributed by atoms with Gasteiger partial charge in [0.25, 0.3) is 0 Å². The Bertz CT molecular complexity index is 718. The largest absolute Gasteiger partial charge is 0.356 e. The minimum absolute atomic E-state index is 0.237. The molecule has 0 amide bonds. The summed E-state index contributed by atoms with van der Waals surface area (Å²) in [5.74, 6) is 0.888. The Morgan fingerprint density at radius 2 is 1.88 bits per heavy atom.